The van der Waals surface area contributed by atoms with Gasteiger partial charge in [-0.2, -0.15) is 0 Å². The number of rotatable bonds is 3. The first-order valence-corrected chi connectivity index (χ1v) is 6.64. The van der Waals surface area contributed by atoms with Crippen molar-refractivity contribution in [1.82, 2.24) is 9.55 Å². The molecule has 0 atom stereocenters. The second kappa shape index (κ2) is 5.13. The van der Waals surface area contributed by atoms with E-state index in [-0.39, 0.29) is 0 Å². The molecule has 19 heavy (non-hydrogen) atoms. The smallest absolute Gasteiger partial charge is 0.213 e. The van der Waals surface area contributed by atoms with E-state index in [1.807, 2.05) is 16.8 Å². The van der Waals surface area contributed by atoms with Crippen molar-refractivity contribution in [3.63, 3.8) is 0 Å². The molecule has 0 spiro atoms. The normalized spacial score (nSPS) is 17.8. The van der Waals surface area contributed by atoms with Gasteiger partial charge in [0.1, 0.15) is 0 Å². The van der Waals surface area contributed by atoms with Crippen molar-refractivity contribution in [2.24, 2.45) is 0 Å². The first-order chi connectivity index (χ1) is 9.20. The van der Waals surface area contributed by atoms with E-state index < -0.39 is 5.79 Å². The van der Waals surface area contributed by atoms with Gasteiger partial charge in [0.2, 0.25) is 5.79 Å². The molecule has 3 rings (SSSR count). The fourth-order valence-corrected chi connectivity index (χ4v) is 2.46. The van der Waals surface area contributed by atoms with Crippen LogP contribution < -0.4 is 0 Å². The fraction of sp³-hybridized carbons (Fsp3) is 0.308. The van der Waals surface area contributed by atoms with E-state index in [4.69, 9.17) is 32.7 Å². The van der Waals surface area contributed by atoms with Gasteiger partial charge in [-0.25, -0.2) is 4.98 Å². The minimum atomic E-state index is -0.824. The van der Waals surface area contributed by atoms with Crippen molar-refractivity contribution in [3.8, 4) is 0 Å². The topological polar surface area (TPSA) is 36.3 Å². The standard InChI is InChI=1S/C13H12Cl2N2O2/c14-11-2-1-10(7-12(11)15)13(18-5-6-19-13)8-17-4-3-16-9-17/h1-4,7,9H,5-6,8H2. The Morgan fingerprint density at radius 3 is 2.63 bits per heavy atom. The summed E-state index contributed by atoms with van der Waals surface area (Å²) in [6, 6.07) is 5.41. The molecule has 2 aromatic rings. The van der Waals surface area contributed by atoms with Gasteiger partial charge in [-0.1, -0.05) is 29.3 Å². The molecular weight excluding hydrogens is 287 g/mol. The molecule has 0 aliphatic carbocycles. The van der Waals surface area contributed by atoms with Crippen molar-refractivity contribution in [2.45, 2.75) is 12.3 Å². The summed E-state index contributed by atoms with van der Waals surface area (Å²) >= 11 is 12.0. The van der Waals surface area contributed by atoms with E-state index in [0.717, 1.165) is 5.56 Å². The second-order valence-corrected chi connectivity index (χ2v) is 5.13. The Labute approximate surface area is 120 Å². The SMILES string of the molecule is Clc1ccc(C2(Cn3ccnc3)OCCO2)cc1Cl. The second-order valence-electron chi connectivity index (χ2n) is 4.31. The Balaban J connectivity index is 1.97. The van der Waals surface area contributed by atoms with Crippen LogP contribution in [0.5, 0.6) is 0 Å². The van der Waals surface area contributed by atoms with E-state index in [1.54, 1.807) is 24.7 Å². The highest BCUT2D eigenvalue weighted by molar-refractivity contribution is 6.42. The fourth-order valence-electron chi connectivity index (χ4n) is 2.16. The molecule has 0 unspecified atom stereocenters. The molecule has 6 heteroatoms. The van der Waals surface area contributed by atoms with Crippen molar-refractivity contribution < 1.29 is 9.47 Å². The molecule has 0 amide bonds. The summed E-state index contributed by atoms with van der Waals surface area (Å²) in [5.74, 6) is -0.824. The van der Waals surface area contributed by atoms with Crippen LogP contribution in [0, 0.1) is 0 Å². The maximum absolute atomic E-state index is 6.07. The number of nitrogens with zero attached hydrogens (tertiary/aromatic N) is 2. The lowest BCUT2D eigenvalue weighted by Crippen LogP contribution is -2.32. The Morgan fingerprint density at radius 2 is 2.00 bits per heavy atom. The number of benzene rings is 1. The van der Waals surface area contributed by atoms with Gasteiger partial charge in [0.25, 0.3) is 0 Å². The van der Waals surface area contributed by atoms with Gasteiger partial charge in [-0.15, -0.1) is 0 Å². The lowest BCUT2D eigenvalue weighted by molar-refractivity contribution is -0.176. The predicted octanol–water partition coefficient (Wildman–Crippen LogP) is 3.09. The third kappa shape index (κ3) is 2.49. The summed E-state index contributed by atoms with van der Waals surface area (Å²) < 4.78 is 13.6. The van der Waals surface area contributed by atoms with Gasteiger partial charge < -0.3 is 14.0 Å². The lowest BCUT2D eigenvalue weighted by atomic mass is 10.1. The quantitative estimate of drug-likeness (QED) is 0.874. The van der Waals surface area contributed by atoms with Crippen LogP contribution in [0.3, 0.4) is 0 Å². The van der Waals surface area contributed by atoms with Gasteiger partial charge in [-0.05, 0) is 12.1 Å². The van der Waals surface area contributed by atoms with E-state index in [2.05, 4.69) is 4.98 Å². The maximum Gasteiger partial charge on any atom is 0.213 e. The molecule has 0 saturated carbocycles. The molecule has 100 valence electrons. The minimum absolute atomic E-state index is 0.489. The average molecular weight is 299 g/mol. The molecule has 0 N–H and O–H groups in total. The molecule has 2 heterocycles. The zero-order valence-electron chi connectivity index (χ0n) is 10.1. The lowest BCUT2D eigenvalue weighted by Gasteiger charge is -2.28. The van der Waals surface area contributed by atoms with Crippen molar-refractivity contribution >= 4 is 23.2 Å². The number of aromatic nitrogens is 2. The Hall–Kier alpha value is -1.07. The highest BCUT2D eigenvalue weighted by Crippen LogP contribution is 2.36. The summed E-state index contributed by atoms with van der Waals surface area (Å²) in [6.45, 7) is 1.62. The average Bonchev–Trinajstić information content (AvgIpc) is 3.05. The van der Waals surface area contributed by atoms with E-state index in [0.29, 0.717) is 29.8 Å². The number of hydrogen-bond donors (Lipinski definition) is 0. The third-order valence-electron chi connectivity index (χ3n) is 3.06. The van der Waals surface area contributed by atoms with E-state index in [9.17, 15) is 0 Å². The van der Waals surface area contributed by atoms with Gasteiger partial charge in [-0.3, -0.25) is 0 Å². The van der Waals surface area contributed by atoms with Gasteiger partial charge in [0, 0.05) is 18.0 Å². The summed E-state index contributed by atoms with van der Waals surface area (Å²) in [5, 5.41) is 1.00. The summed E-state index contributed by atoms with van der Waals surface area (Å²) in [7, 11) is 0. The predicted molar refractivity (Wildman–Crippen MR) is 72.3 cm³/mol. The third-order valence-corrected chi connectivity index (χ3v) is 3.80. The zero-order chi connectivity index (χ0) is 13.3. The molecular formula is C13H12Cl2N2O2. The molecule has 1 fully saturated rings. The molecule has 1 aliphatic heterocycles. The van der Waals surface area contributed by atoms with Crippen LogP contribution >= 0.6 is 23.2 Å². The van der Waals surface area contributed by atoms with E-state index >= 15 is 0 Å². The van der Waals surface area contributed by atoms with Crippen LogP contribution in [-0.2, 0) is 21.8 Å². The Morgan fingerprint density at radius 1 is 1.21 bits per heavy atom. The highest BCUT2D eigenvalue weighted by Gasteiger charge is 2.39. The van der Waals surface area contributed by atoms with Crippen LogP contribution in [0.25, 0.3) is 0 Å². The maximum atomic E-state index is 6.07. The summed E-state index contributed by atoms with van der Waals surface area (Å²) in [5.41, 5.74) is 0.855. The van der Waals surface area contributed by atoms with Crippen molar-refractivity contribution in [1.29, 1.82) is 0 Å². The number of imidazole rings is 1. The highest BCUT2D eigenvalue weighted by atomic mass is 35.5. The zero-order valence-corrected chi connectivity index (χ0v) is 11.6. The van der Waals surface area contributed by atoms with Gasteiger partial charge >= 0.3 is 0 Å². The number of hydrogen-bond acceptors (Lipinski definition) is 3. The number of ether oxygens (including phenoxy) is 2. The van der Waals surface area contributed by atoms with Crippen LogP contribution in [0.2, 0.25) is 10.0 Å². The van der Waals surface area contributed by atoms with Gasteiger partial charge in [0.15, 0.2) is 0 Å². The molecule has 4 nitrogen and oxygen atoms in total. The molecule has 1 aliphatic rings. The molecule has 1 aromatic heterocycles. The van der Waals surface area contributed by atoms with Gasteiger partial charge in [0.05, 0.1) is 36.1 Å². The summed E-state index contributed by atoms with van der Waals surface area (Å²) in [6.07, 6.45) is 5.31. The molecule has 0 bridgehead atoms. The molecule has 1 saturated heterocycles. The van der Waals surface area contributed by atoms with E-state index in [1.165, 1.54) is 0 Å². The number of halogens is 2. The monoisotopic (exact) mass is 298 g/mol. The van der Waals surface area contributed by atoms with Crippen molar-refractivity contribution in [2.75, 3.05) is 13.2 Å². The largest absolute Gasteiger partial charge is 0.342 e. The Bertz CT molecular complexity index is 566. The van der Waals surface area contributed by atoms with Crippen LogP contribution in [0.15, 0.2) is 36.9 Å². The van der Waals surface area contributed by atoms with Crippen molar-refractivity contribution in [3.05, 3.63) is 52.5 Å². The minimum Gasteiger partial charge on any atom is -0.342 e. The first kappa shape index (κ1) is 12.9. The first-order valence-electron chi connectivity index (χ1n) is 5.89. The molecule has 1 aromatic carbocycles. The summed E-state index contributed by atoms with van der Waals surface area (Å²) in [4.78, 5) is 4.03. The van der Waals surface area contributed by atoms with Crippen LogP contribution in [0.1, 0.15) is 5.56 Å². The Kier molecular flexibility index (Phi) is 3.50. The van der Waals surface area contributed by atoms with Crippen LogP contribution in [0.4, 0.5) is 0 Å². The molecule has 0 radical (unpaired) electrons. The van der Waals surface area contributed by atoms with Crippen LogP contribution in [-0.4, -0.2) is 22.8 Å².